The fourth-order valence-corrected chi connectivity index (χ4v) is 3.83. The van der Waals surface area contributed by atoms with Crippen LogP contribution < -0.4 is 5.73 Å². The van der Waals surface area contributed by atoms with Gasteiger partial charge in [-0.3, -0.25) is 0 Å². The van der Waals surface area contributed by atoms with Crippen LogP contribution in [0.3, 0.4) is 0 Å². The zero-order valence-corrected chi connectivity index (χ0v) is 12.8. The first-order valence-electron chi connectivity index (χ1n) is 7.07. The van der Waals surface area contributed by atoms with E-state index in [0.29, 0.717) is 16.1 Å². The molecule has 1 aromatic rings. The predicted octanol–water partition coefficient (Wildman–Crippen LogP) is 3.71. The maximum atomic E-state index is 12.2. The average Bonchev–Trinajstić information content (AvgIpc) is 2.36. The van der Waals surface area contributed by atoms with Crippen LogP contribution in [-0.4, -0.2) is 14.2 Å². The molecule has 0 aliphatic carbocycles. The van der Waals surface area contributed by atoms with Gasteiger partial charge in [0, 0.05) is 5.69 Å². The van der Waals surface area contributed by atoms with Gasteiger partial charge in [0.05, 0.1) is 10.6 Å². The van der Waals surface area contributed by atoms with Gasteiger partial charge >= 0.3 is 0 Å². The van der Waals surface area contributed by atoms with E-state index >= 15 is 0 Å². The second-order valence-corrected chi connectivity index (χ2v) is 7.13. The number of benzene rings is 1. The van der Waals surface area contributed by atoms with Gasteiger partial charge in [-0.1, -0.05) is 45.1 Å². The molecule has 0 radical (unpaired) electrons. The smallest absolute Gasteiger partial charge is 0.178 e. The predicted molar refractivity (Wildman–Crippen MR) is 81.0 cm³/mol. The van der Waals surface area contributed by atoms with E-state index in [4.69, 9.17) is 5.73 Å². The van der Waals surface area contributed by atoms with E-state index in [1.54, 1.807) is 25.1 Å². The van der Waals surface area contributed by atoms with Crippen LogP contribution >= 0.6 is 0 Å². The molecule has 0 aliphatic rings. The first-order chi connectivity index (χ1) is 8.99. The number of nitrogen functional groups attached to an aromatic ring is 1. The van der Waals surface area contributed by atoms with Gasteiger partial charge in [0.25, 0.3) is 0 Å². The summed E-state index contributed by atoms with van der Waals surface area (Å²) >= 11 is 0. The standard InChI is InChI=1S/C15H25NO2S/c1-3-4-5-6-7-8-12-19(17,18)15-11-9-10-14(16)13(15)2/h9-11H,3-8,12,16H2,1-2H3. The van der Waals surface area contributed by atoms with Crippen molar-refractivity contribution in [1.82, 2.24) is 0 Å². The molecule has 0 aliphatic heterocycles. The topological polar surface area (TPSA) is 60.2 Å². The quantitative estimate of drug-likeness (QED) is 0.584. The normalized spacial score (nSPS) is 11.7. The van der Waals surface area contributed by atoms with Gasteiger partial charge in [-0.05, 0) is 31.0 Å². The van der Waals surface area contributed by atoms with Crippen molar-refractivity contribution in [3.8, 4) is 0 Å². The molecule has 0 spiro atoms. The first-order valence-corrected chi connectivity index (χ1v) is 8.72. The molecule has 108 valence electrons. The molecular weight excluding hydrogens is 258 g/mol. The number of nitrogens with two attached hydrogens (primary N) is 1. The van der Waals surface area contributed by atoms with Gasteiger partial charge in [-0.25, -0.2) is 8.42 Å². The molecule has 0 atom stereocenters. The molecule has 0 bridgehead atoms. The molecule has 0 aromatic heterocycles. The summed E-state index contributed by atoms with van der Waals surface area (Å²) in [6, 6.07) is 5.09. The van der Waals surface area contributed by atoms with E-state index in [0.717, 1.165) is 19.3 Å². The zero-order valence-electron chi connectivity index (χ0n) is 12.0. The third kappa shape index (κ3) is 4.86. The molecule has 0 fully saturated rings. The third-order valence-corrected chi connectivity index (χ3v) is 5.37. The van der Waals surface area contributed by atoms with Crippen molar-refractivity contribution < 1.29 is 8.42 Å². The molecule has 0 saturated heterocycles. The molecule has 3 nitrogen and oxygen atoms in total. The van der Waals surface area contributed by atoms with E-state index in [1.807, 2.05) is 0 Å². The fourth-order valence-electron chi connectivity index (χ4n) is 2.15. The molecular formula is C15H25NO2S. The first kappa shape index (κ1) is 16.0. The van der Waals surface area contributed by atoms with E-state index in [2.05, 4.69) is 6.92 Å². The molecule has 2 N–H and O–H groups in total. The van der Waals surface area contributed by atoms with Gasteiger partial charge < -0.3 is 5.73 Å². The Balaban J connectivity index is 2.54. The summed E-state index contributed by atoms with van der Waals surface area (Å²) in [7, 11) is -3.19. The Bertz CT molecular complexity index is 495. The number of sulfone groups is 1. The summed E-state index contributed by atoms with van der Waals surface area (Å²) in [5.41, 5.74) is 6.98. The minimum Gasteiger partial charge on any atom is -0.398 e. The lowest BCUT2D eigenvalue weighted by molar-refractivity contribution is 0.583. The number of hydrogen-bond donors (Lipinski definition) is 1. The Hall–Kier alpha value is -1.03. The minimum atomic E-state index is -3.19. The minimum absolute atomic E-state index is 0.226. The van der Waals surface area contributed by atoms with Crippen molar-refractivity contribution in [3.63, 3.8) is 0 Å². The Kier molecular flexibility index (Phi) is 6.35. The lowest BCUT2D eigenvalue weighted by atomic mass is 10.1. The summed E-state index contributed by atoms with van der Waals surface area (Å²) in [5, 5.41) is 0. The molecule has 0 amide bonds. The Labute approximate surface area is 117 Å². The molecule has 0 saturated carbocycles. The highest BCUT2D eigenvalue weighted by Crippen LogP contribution is 2.22. The molecule has 1 aromatic carbocycles. The highest BCUT2D eigenvalue weighted by Gasteiger charge is 2.17. The van der Waals surface area contributed by atoms with Crippen LogP contribution in [0.2, 0.25) is 0 Å². The van der Waals surface area contributed by atoms with Crippen molar-refractivity contribution in [2.75, 3.05) is 11.5 Å². The van der Waals surface area contributed by atoms with Gasteiger partial charge in [-0.15, -0.1) is 0 Å². The van der Waals surface area contributed by atoms with Crippen LogP contribution in [0.1, 0.15) is 51.0 Å². The van der Waals surface area contributed by atoms with Crippen molar-refractivity contribution in [1.29, 1.82) is 0 Å². The molecule has 1 rings (SSSR count). The molecule has 19 heavy (non-hydrogen) atoms. The third-order valence-electron chi connectivity index (χ3n) is 3.43. The SMILES string of the molecule is CCCCCCCCS(=O)(=O)c1cccc(N)c1C. The van der Waals surface area contributed by atoms with E-state index in [1.165, 1.54) is 19.3 Å². The van der Waals surface area contributed by atoms with Crippen molar-refractivity contribution >= 4 is 15.5 Å². The molecule has 0 heterocycles. The maximum absolute atomic E-state index is 12.2. The molecule has 4 heteroatoms. The van der Waals surface area contributed by atoms with Crippen LogP contribution in [0, 0.1) is 6.92 Å². The highest BCUT2D eigenvalue weighted by atomic mass is 32.2. The highest BCUT2D eigenvalue weighted by molar-refractivity contribution is 7.91. The second-order valence-electron chi connectivity index (χ2n) is 5.06. The van der Waals surface area contributed by atoms with E-state index in [-0.39, 0.29) is 5.75 Å². The number of hydrogen-bond acceptors (Lipinski definition) is 3. The van der Waals surface area contributed by atoms with Crippen LogP contribution in [0.15, 0.2) is 23.1 Å². The summed E-state index contributed by atoms with van der Waals surface area (Å²) < 4.78 is 24.5. The summed E-state index contributed by atoms with van der Waals surface area (Å²) in [6.07, 6.45) is 6.50. The van der Waals surface area contributed by atoms with E-state index in [9.17, 15) is 8.42 Å². The maximum Gasteiger partial charge on any atom is 0.178 e. The lowest BCUT2D eigenvalue weighted by Gasteiger charge is -2.09. The van der Waals surface area contributed by atoms with Crippen molar-refractivity contribution in [2.45, 2.75) is 57.3 Å². The Morgan fingerprint density at radius 1 is 1.05 bits per heavy atom. The lowest BCUT2D eigenvalue weighted by Crippen LogP contribution is -2.09. The van der Waals surface area contributed by atoms with Gasteiger partial charge in [-0.2, -0.15) is 0 Å². The van der Waals surface area contributed by atoms with Crippen LogP contribution in [-0.2, 0) is 9.84 Å². The summed E-state index contributed by atoms with van der Waals surface area (Å²) in [5.74, 6) is 0.226. The largest absolute Gasteiger partial charge is 0.398 e. The van der Waals surface area contributed by atoms with Crippen molar-refractivity contribution in [2.24, 2.45) is 0 Å². The Morgan fingerprint density at radius 3 is 2.37 bits per heavy atom. The monoisotopic (exact) mass is 283 g/mol. The number of unbranched alkanes of at least 4 members (excludes halogenated alkanes) is 5. The average molecular weight is 283 g/mol. The van der Waals surface area contributed by atoms with Crippen LogP contribution in [0.25, 0.3) is 0 Å². The second kappa shape index (κ2) is 7.53. The fraction of sp³-hybridized carbons (Fsp3) is 0.600. The Morgan fingerprint density at radius 2 is 1.68 bits per heavy atom. The van der Waals surface area contributed by atoms with Gasteiger partial charge in [0.2, 0.25) is 0 Å². The van der Waals surface area contributed by atoms with Gasteiger partial charge in [0.1, 0.15) is 0 Å². The summed E-state index contributed by atoms with van der Waals surface area (Å²) in [4.78, 5) is 0.390. The van der Waals surface area contributed by atoms with Gasteiger partial charge in [0.15, 0.2) is 9.84 Å². The summed E-state index contributed by atoms with van der Waals surface area (Å²) in [6.45, 7) is 3.94. The van der Waals surface area contributed by atoms with Crippen LogP contribution in [0.5, 0.6) is 0 Å². The molecule has 0 unspecified atom stereocenters. The number of anilines is 1. The van der Waals surface area contributed by atoms with Crippen LogP contribution in [0.4, 0.5) is 5.69 Å². The zero-order chi connectivity index (χ0) is 14.3. The van der Waals surface area contributed by atoms with Crippen molar-refractivity contribution in [3.05, 3.63) is 23.8 Å². The van der Waals surface area contributed by atoms with E-state index < -0.39 is 9.84 Å². The number of rotatable bonds is 8.